The zero-order valence-electron chi connectivity index (χ0n) is 17.3. The van der Waals surface area contributed by atoms with E-state index in [2.05, 4.69) is 52.2 Å². The summed E-state index contributed by atoms with van der Waals surface area (Å²) >= 11 is 0. The van der Waals surface area contributed by atoms with Gasteiger partial charge in [0.1, 0.15) is 5.65 Å². The average molecular weight is 400 g/mol. The third kappa shape index (κ3) is 3.69. The Hall–Kier alpha value is -3.51. The predicted octanol–water partition coefficient (Wildman–Crippen LogP) is 3.98. The number of aliphatic hydroxyl groups excluding tert-OH is 1. The van der Waals surface area contributed by atoms with Crippen LogP contribution in [0.15, 0.2) is 61.2 Å². The first-order valence-corrected chi connectivity index (χ1v) is 9.89. The number of H-pyrrole nitrogens is 1. The second-order valence-corrected chi connectivity index (χ2v) is 7.52. The van der Waals surface area contributed by atoms with Crippen LogP contribution in [0.3, 0.4) is 0 Å². The molecule has 0 spiro atoms. The van der Waals surface area contributed by atoms with Crippen molar-refractivity contribution in [1.82, 2.24) is 19.9 Å². The molecule has 30 heavy (non-hydrogen) atoms. The molecule has 6 heteroatoms. The molecule has 0 fully saturated rings. The number of hydrogen-bond donors (Lipinski definition) is 2. The number of aromatic amines is 1. The maximum Gasteiger partial charge on any atom is 0.255 e. The van der Waals surface area contributed by atoms with E-state index in [9.17, 15) is 9.90 Å². The molecule has 3 heterocycles. The molecular formula is C24H24N4O2. The van der Waals surface area contributed by atoms with Gasteiger partial charge in [0.25, 0.3) is 5.91 Å². The monoisotopic (exact) mass is 400 g/mol. The first-order valence-electron chi connectivity index (χ1n) is 9.89. The minimum absolute atomic E-state index is 0.383. The van der Waals surface area contributed by atoms with Gasteiger partial charge in [-0.3, -0.25) is 9.78 Å². The van der Waals surface area contributed by atoms with Gasteiger partial charge in [-0.1, -0.05) is 31.2 Å². The summed E-state index contributed by atoms with van der Waals surface area (Å²) in [5, 5.41) is 11.4. The average Bonchev–Trinajstić information content (AvgIpc) is 3.21. The molecule has 1 aromatic carbocycles. The third-order valence-corrected chi connectivity index (χ3v) is 5.26. The van der Waals surface area contributed by atoms with Crippen LogP contribution in [0.4, 0.5) is 0 Å². The first-order chi connectivity index (χ1) is 14.5. The Morgan fingerprint density at radius 3 is 2.67 bits per heavy atom. The normalized spacial score (nSPS) is 12.1. The van der Waals surface area contributed by atoms with Gasteiger partial charge < -0.3 is 15.0 Å². The van der Waals surface area contributed by atoms with E-state index in [1.54, 1.807) is 32.6 Å². The summed E-state index contributed by atoms with van der Waals surface area (Å²) in [7, 11) is 3.23. The smallest absolute Gasteiger partial charge is 0.255 e. The fourth-order valence-corrected chi connectivity index (χ4v) is 3.51. The molecule has 0 saturated carbocycles. The van der Waals surface area contributed by atoms with Crippen LogP contribution < -0.4 is 0 Å². The Kier molecular flexibility index (Phi) is 5.33. The highest BCUT2D eigenvalue weighted by Crippen LogP contribution is 2.32. The van der Waals surface area contributed by atoms with E-state index in [4.69, 9.17) is 0 Å². The topological polar surface area (TPSA) is 82.1 Å². The van der Waals surface area contributed by atoms with Gasteiger partial charge in [0.15, 0.2) is 6.10 Å². The summed E-state index contributed by atoms with van der Waals surface area (Å²) in [6.07, 6.45) is 6.70. The van der Waals surface area contributed by atoms with Gasteiger partial charge >= 0.3 is 0 Å². The molecule has 0 saturated heterocycles. The minimum atomic E-state index is -1.25. The zero-order valence-corrected chi connectivity index (χ0v) is 17.3. The lowest BCUT2D eigenvalue weighted by atomic mass is 10.00. The standard InChI is InChI=1S/C24H24N4O2/c1-4-15-6-5-7-16(8-15)21-14-27-23-20(21)10-18(13-26-23)17-9-19(12-25-11-17)22(29)24(30)28(2)3/h5-14,22,29H,4H2,1-3H3,(H,26,27). The van der Waals surface area contributed by atoms with E-state index in [1.165, 1.54) is 16.7 Å². The zero-order chi connectivity index (χ0) is 21.3. The molecule has 4 aromatic rings. The van der Waals surface area contributed by atoms with E-state index >= 15 is 0 Å². The van der Waals surface area contributed by atoms with E-state index < -0.39 is 6.10 Å². The number of carbonyl (C=O) groups excluding carboxylic acids is 1. The van der Waals surface area contributed by atoms with Crippen LogP contribution in [0.2, 0.25) is 0 Å². The van der Waals surface area contributed by atoms with Crippen molar-refractivity contribution in [2.45, 2.75) is 19.4 Å². The van der Waals surface area contributed by atoms with Gasteiger partial charge in [-0.25, -0.2) is 4.98 Å². The second kappa shape index (κ2) is 8.08. The Morgan fingerprint density at radius 1 is 1.10 bits per heavy atom. The Bertz CT molecular complexity index is 1210. The number of benzene rings is 1. The van der Waals surface area contributed by atoms with E-state index in [0.29, 0.717) is 5.56 Å². The molecular weight excluding hydrogens is 376 g/mol. The van der Waals surface area contributed by atoms with Gasteiger partial charge in [-0.15, -0.1) is 0 Å². The van der Waals surface area contributed by atoms with Crippen molar-refractivity contribution in [1.29, 1.82) is 0 Å². The molecule has 0 aliphatic carbocycles. The van der Waals surface area contributed by atoms with Crippen molar-refractivity contribution in [3.63, 3.8) is 0 Å². The molecule has 1 unspecified atom stereocenters. The number of aromatic nitrogens is 3. The molecule has 0 bridgehead atoms. The van der Waals surface area contributed by atoms with E-state index in [-0.39, 0.29) is 5.91 Å². The minimum Gasteiger partial charge on any atom is -0.378 e. The van der Waals surface area contributed by atoms with Gasteiger partial charge in [-0.05, 0) is 29.7 Å². The molecule has 1 atom stereocenters. The summed E-state index contributed by atoms with van der Waals surface area (Å²) < 4.78 is 0. The summed E-state index contributed by atoms with van der Waals surface area (Å²) in [6, 6.07) is 12.3. The van der Waals surface area contributed by atoms with Crippen LogP contribution in [0.25, 0.3) is 33.3 Å². The number of pyridine rings is 2. The number of nitrogens with zero attached hydrogens (tertiary/aromatic N) is 3. The third-order valence-electron chi connectivity index (χ3n) is 5.26. The number of likely N-dealkylation sites (N-methyl/N-ethyl adjacent to an activating group) is 1. The van der Waals surface area contributed by atoms with Crippen molar-refractivity contribution < 1.29 is 9.90 Å². The highest BCUT2D eigenvalue weighted by molar-refractivity contribution is 5.96. The van der Waals surface area contributed by atoms with Gasteiger partial charge in [0.05, 0.1) is 0 Å². The number of rotatable bonds is 5. The summed E-state index contributed by atoms with van der Waals surface area (Å²) in [4.78, 5) is 25.5. The van der Waals surface area contributed by atoms with Crippen LogP contribution in [0.5, 0.6) is 0 Å². The molecule has 4 rings (SSSR count). The molecule has 0 aliphatic heterocycles. The van der Waals surface area contributed by atoms with Crippen LogP contribution in [-0.2, 0) is 11.2 Å². The van der Waals surface area contributed by atoms with Crippen LogP contribution in [0, 0.1) is 0 Å². The van der Waals surface area contributed by atoms with Crippen LogP contribution in [-0.4, -0.2) is 45.0 Å². The number of carbonyl (C=O) groups is 1. The van der Waals surface area contributed by atoms with Gasteiger partial charge in [-0.2, -0.15) is 0 Å². The van der Waals surface area contributed by atoms with Gasteiger partial charge in [0, 0.05) is 66.5 Å². The molecule has 152 valence electrons. The fourth-order valence-electron chi connectivity index (χ4n) is 3.51. The maximum atomic E-state index is 12.1. The number of hydrogen-bond acceptors (Lipinski definition) is 4. The second-order valence-electron chi connectivity index (χ2n) is 7.52. The first kappa shape index (κ1) is 19.8. The van der Waals surface area contributed by atoms with Gasteiger partial charge in [0.2, 0.25) is 0 Å². The fraction of sp³-hybridized carbons (Fsp3) is 0.208. The molecule has 1 amide bonds. The number of aliphatic hydroxyl groups is 1. The van der Waals surface area contributed by atoms with Crippen molar-refractivity contribution in [2.75, 3.05) is 14.1 Å². The summed E-state index contributed by atoms with van der Waals surface area (Å²) in [5.74, 6) is -0.383. The SMILES string of the molecule is CCc1cccc(-c2c[nH]c3ncc(-c4cncc(C(O)C(=O)N(C)C)c4)cc23)c1. The predicted molar refractivity (Wildman–Crippen MR) is 118 cm³/mol. The Balaban J connectivity index is 1.76. The van der Waals surface area contributed by atoms with Crippen LogP contribution >= 0.6 is 0 Å². The van der Waals surface area contributed by atoms with Crippen molar-refractivity contribution in [3.8, 4) is 22.3 Å². The number of fused-ring (bicyclic) bond motifs is 1. The molecule has 0 aliphatic rings. The molecule has 6 nitrogen and oxygen atoms in total. The number of aryl methyl sites for hydroxylation is 1. The van der Waals surface area contributed by atoms with E-state index in [1.807, 2.05) is 6.20 Å². The summed E-state index contributed by atoms with van der Waals surface area (Å²) in [5.41, 5.74) is 6.43. The quantitative estimate of drug-likeness (QED) is 0.531. The molecule has 3 aromatic heterocycles. The maximum absolute atomic E-state index is 12.1. The Labute approximate surface area is 175 Å². The molecule has 0 radical (unpaired) electrons. The highest BCUT2D eigenvalue weighted by Gasteiger charge is 2.20. The largest absolute Gasteiger partial charge is 0.378 e. The van der Waals surface area contributed by atoms with E-state index in [0.717, 1.165) is 39.7 Å². The van der Waals surface area contributed by atoms with Crippen molar-refractivity contribution in [2.24, 2.45) is 0 Å². The number of nitrogens with one attached hydrogen (secondary N) is 1. The lowest BCUT2D eigenvalue weighted by molar-refractivity contribution is -0.137. The Morgan fingerprint density at radius 2 is 1.90 bits per heavy atom. The highest BCUT2D eigenvalue weighted by atomic mass is 16.3. The summed E-state index contributed by atoms with van der Waals surface area (Å²) in [6.45, 7) is 2.14. The van der Waals surface area contributed by atoms with Crippen molar-refractivity contribution >= 4 is 16.9 Å². The number of amides is 1. The molecule has 2 N–H and O–H groups in total. The van der Waals surface area contributed by atoms with Crippen molar-refractivity contribution in [3.05, 3.63) is 72.3 Å². The lowest BCUT2D eigenvalue weighted by Crippen LogP contribution is -2.28. The van der Waals surface area contributed by atoms with Crippen LogP contribution in [0.1, 0.15) is 24.2 Å². The lowest BCUT2D eigenvalue weighted by Gasteiger charge is -2.16.